The Hall–Kier alpha value is -0.600. The van der Waals surface area contributed by atoms with E-state index in [0.29, 0.717) is 0 Å². The predicted molar refractivity (Wildman–Crippen MR) is 105 cm³/mol. The van der Waals surface area contributed by atoms with E-state index in [4.69, 9.17) is 0 Å². The minimum Gasteiger partial charge on any atom is -0.357 e. The Kier molecular flexibility index (Phi) is 9.69. The van der Waals surface area contributed by atoms with Crippen molar-refractivity contribution in [2.45, 2.75) is 19.8 Å². The van der Waals surface area contributed by atoms with Gasteiger partial charge in [-0.1, -0.05) is 12.1 Å². The number of hydrogen-bond acceptors (Lipinski definition) is 3. The maximum Gasteiger partial charge on any atom is 0.191 e. The van der Waals surface area contributed by atoms with Crippen LogP contribution in [0.5, 0.6) is 0 Å². The number of halogens is 1. The summed E-state index contributed by atoms with van der Waals surface area (Å²) in [5.41, 5.74) is 0. The maximum atomic E-state index is 4.61. The van der Waals surface area contributed by atoms with Crippen LogP contribution in [0.25, 0.3) is 0 Å². The zero-order valence-corrected chi connectivity index (χ0v) is 16.1. The Balaban J connectivity index is 0.00000220. The summed E-state index contributed by atoms with van der Waals surface area (Å²) in [4.78, 5) is 7.41. The second kappa shape index (κ2) is 11.0. The van der Waals surface area contributed by atoms with Crippen molar-refractivity contribution in [3.05, 3.63) is 44.8 Å². The first-order chi connectivity index (χ1) is 9.88. The lowest BCUT2D eigenvalue weighted by Crippen LogP contribution is -2.38. The summed E-state index contributed by atoms with van der Waals surface area (Å²) in [5.74, 6) is 0.917. The molecule has 2 aromatic heterocycles. The van der Waals surface area contributed by atoms with Crippen LogP contribution in [-0.4, -0.2) is 25.6 Å². The molecule has 0 atom stereocenters. The highest BCUT2D eigenvalue weighted by Crippen LogP contribution is 2.09. The summed E-state index contributed by atoms with van der Waals surface area (Å²) in [7, 11) is 0. The van der Waals surface area contributed by atoms with Gasteiger partial charge in [-0.15, -0.1) is 46.7 Å². The number of aliphatic imine (C=N–C) groups is 1. The molecule has 0 aliphatic carbocycles. The van der Waals surface area contributed by atoms with E-state index < -0.39 is 0 Å². The molecule has 0 saturated heterocycles. The molecule has 0 bridgehead atoms. The number of hydrogen-bond donors (Lipinski definition) is 2. The zero-order chi connectivity index (χ0) is 14.0. The molecule has 2 rings (SSSR count). The molecule has 0 unspecified atom stereocenters. The number of guanidine groups is 1. The fraction of sp³-hybridized carbons (Fsp3) is 0.400. The molecule has 2 aromatic rings. The zero-order valence-electron chi connectivity index (χ0n) is 12.2. The van der Waals surface area contributed by atoms with E-state index in [1.165, 1.54) is 9.75 Å². The molecule has 6 heteroatoms. The van der Waals surface area contributed by atoms with Gasteiger partial charge in [0, 0.05) is 35.8 Å². The molecule has 0 aliphatic heterocycles. The van der Waals surface area contributed by atoms with E-state index in [1.807, 2.05) is 0 Å². The molecule has 0 saturated carbocycles. The quantitative estimate of drug-likeness (QED) is 0.395. The van der Waals surface area contributed by atoms with Crippen molar-refractivity contribution in [3.8, 4) is 0 Å². The Morgan fingerprint density at radius 3 is 2.29 bits per heavy atom. The van der Waals surface area contributed by atoms with Gasteiger partial charge in [-0.05, 0) is 36.2 Å². The monoisotopic (exact) mass is 435 g/mol. The molecule has 2 heterocycles. The van der Waals surface area contributed by atoms with E-state index in [0.717, 1.165) is 38.4 Å². The van der Waals surface area contributed by atoms with Crippen molar-refractivity contribution in [2.75, 3.05) is 19.6 Å². The van der Waals surface area contributed by atoms with Crippen molar-refractivity contribution in [3.63, 3.8) is 0 Å². The van der Waals surface area contributed by atoms with Gasteiger partial charge in [0.25, 0.3) is 0 Å². The van der Waals surface area contributed by atoms with Gasteiger partial charge in [0.1, 0.15) is 0 Å². The van der Waals surface area contributed by atoms with Crippen LogP contribution in [-0.2, 0) is 12.8 Å². The third-order valence-electron chi connectivity index (χ3n) is 2.80. The number of nitrogens with one attached hydrogen (secondary N) is 2. The summed E-state index contributed by atoms with van der Waals surface area (Å²) in [6.07, 6.45) is 2.06. The molecule has 0 aliphatic rings. The van der Waals surface area contributed by atoms with Crippen molar-refractivity contribution >= 4 is 52.6 Å². The molecular weight excluding hydrogens is 413 g/mol. The normalized spacial score (nSPS) is 11.0. The Bertz CT molecular complexity index is 495. The highest BCUT2D eigenvalue weighted by atomic mass is 127. The van der Waals surface area contributed by atoms with Gasteiger partial charge in [-0.3, -0.25) is 4.99 Å². The van der Waals surface area contributed by atoms with Gasteiger partial charge < -0.3 is 10.6 Å². The molecule has 0 amide bonds. The van der Waals surface area contributed by atoms with E-state index in [2.05, 4.69) is 57.6 Å². The number of nitrogens with zero attached hydrogens (tertiary/aromatic N) is 1. The fourth-order valence-corrected chi connectivity index (χ4v) is 3.24. The van der Waals surface area contributed by atoms with Crippen LogP contribution in [0, 0.1) is 0 Å². The topological polar surface area (TPSA) is 36.4 Å². The summed E-state index contributed by atoms with van der Waals surface area (Å²) >= 11 is 3.60. The largest absolute Gasteiger partial charge is 0.357 e. The Morgan fingerprint density at radius 1 is 1.05 bits per heavy atom. The van der Waals surface area contributed by atoms with Crippen molar-refractivity contribution < 1.29 is 0 Å². The second-order valence-electron chi connectivity index (χ2n) is 4.35. The Labute approximate surface area is 151 Å². The third-order valence-corrected chi connectivity index (χ3v) is 4.67. The first kappa shape index (κ1) is 18.4. The second-order valence-corrected chi connectivity index (χ2v) is 6.41. The smallest absolute Gasteiger partial charge is 0.191 e. The molecule has 116 valence electrons. The average Bonchev–Trinajstić information content (AvgIpc) is 3.11. The summed E-state index contributed by atoms with van der Waals surface area (Å²) in [6.45, 7) is 4.74. The van der Waals surface area contributed by atoms with Gasteiger partial charge in [0.05, 0.1) is 0 Å². The van der Waals surface area contributed by atoms with Crippen LogP contribution in [0.2, 0.25) is 0 Å². The molecule has 3 nitrogen and oxygen atoms in total. The lowest BCUT2D eigenvalue weighted by Gasteiger charge is -2.10. The average molecular weight is 435 g/mol. The molecular formula is C15H22IN3S2. The lowest BCUT2D eigenvalue weighted by atomic mass is 10.3. The summed E-state index contributed by atoms with van der Waals surface area (Å²) in [5, 5.41) is 10.9. The lowest BCUT2D eigenvalue weighted by molar-refractivity contribution is 0.802. The van der Waals surface area contributed by atoms with Crippen molar-refractivity contribution in [2.24, 2.45) is 4.99 Å². The Morgan fingerprint density at radius 2 is 1.71 bits per heavy atom. The van der Waals surface area contributed by atoms with E-state index in [-0.39, 0.29) is 24.0 Å². The molecule has 0 radical (unpaired) electrons. The van der Waals surface area contributed by atoms with Crippen molar-refractivity contribution in [1.82, 2.24) is 10.6 Å². The fourth-order valence-electron chi connectivity index (χ4n) is 1.83. The standard InChI is InChI=1S/C15H21N3S2.HI/c1-2-16-15(17-9-7-13-5-3-11-19-13)18-10-8-14-6-4-12-20-14;/h3-6,11-12H,2,7-10H2,1H3,(H2,16,17,18);1H. The highest BCUT2D eigenvalue weighted by molar-refractivity contribution is 14.0. The van der Waals surface area contributed by atoms with E-state index in [9.17, 15) is 0 Å². The minimum absolute atomic E-state index is 0. The molecule has 0 fully saturated rings. The van der Waals surface area contributed by atoms with Crippen LogP contribution in [0.15, 0.2) is 40.0 Å². The van der Waals surface area contributed by atoms with Gasteiger partial charge in [0.2, 0.25) is 0 Å². The SMILES string of the molecule is CCNC(=NCCc1cccs1)NCCc1cccs1.I. The van der Waals surface area contributed by atoms with Gasteiger partial charge in [-0.25, -0.2) is 0 Å². The number of rotatable bonds is 7. The molecule has 0 aromatic carbocycles. The van der Waals surface area contributed by atoms with Crippen LogP contribution in [0.4, 0.5) is 0 Å². The van der Waals surface area contributed by atoms with Crippen molar-refractivity contribution in [1.29, 1.82) is 0 Å². The third kappa shape index (κ3) is 7.28. The maximum absolute atomic E-state index is 4.61. The molecule has 2 N–H and O–H groups in total. The first-order valence-electron chi connectivity index (χ1n) is 6.95. The van der Waals surface area contributed by atoms with Crippen LogP contribution < -0.4 is 10.6 Å². The first-order valence-corrected chi connectivity index (χ1v) is 8.71. The highest BCUT2D eigenvalue weighted by Gasteiger charge is 1.99. The van der Waals surface area contributed by atoms with Crippen LogP contribution >= 0.6 is 46.7 Å². The van der Waals surface area contributed by atoms with E-state index >= 15 is 0 Å². The van der Waals surface area contributed by atoms with E-state index in [1.54, 1.807) is 22.7 Å². The van der Waals surface area contributed by atoms with Gasteiger partial charge in [-0.2, -0.15) is 0 Å². The van der Waals surface area contributed by atoms with Gasteiger partial charge in [0.15, 0.2) is 5.96 Å². The summed E-state index contributed by atoms with van der Waals surface area (Å²) < 4.78 is 0. The summed E-state index contributed by atoms with van der Waals surface area (Å²) in [6, 6.07) is 8.53. The molecule has 21 heavy (non-hydrogen) atoms. The van der Waals surface area contributed by atoms with Crippen LogP contribution in [0.1, 0.15) is 16.7 Å². The molecule has 0 spiro atoms. The minimum atomic E-state index is 0. The number of thiophene rings is 2. The predicted octanol–water partition coefficient (Wildman–Crippen LogP) is 3.77. The van der Waals surface area contributed by atoms with Crippen LogP contribution in [0.3, 0.4) is 0 Å². The van der Waals surface area contributed by atoms with Gasteiger partial charge >= 0.3 is 0 Å².